The Labute approximate surface area is 118 Å². The van der Waals surface area contributed by atoms with Gasteiger partial charge in [-0.2, -0.15) is 0 Å². The first kappa shape index (κ1) is 13.4. The number of hydrogen-bond acceptors (Lipinski definition) is 5. The van der Waals surface area contributed by atoms with Crippen LogP contribution in [0.4, 0.5) is 11.5 Å². The molecule has 1 N–H and O–H groups in total. The Balaban J connectivity index is 2.19. The molecule has 1 aromatic carbocycles. The molecule has 0 aliphatic rings. The van der Waals surface area contributed by atoms with Crippen LogP contribution in [0.5, 0.6) is 0 Å². The first-order chi connectivity index (χ1) is 9.09. The van der Waals surface area contributed by atoms with Crippen LogP contribution in [0.15, 0.2) is 35.2 Å². The number of halogens is 1. The topological polar surface area (TPSA) is 81.0 Å². The fourth-order valence-electron chi connectivity index (χ4n) is 1.68. The summed E-state index contributed by atoms with van der Waals surface area (Å²) in [4.78, 5) is 18.4. The minimum Gasteiger partial charge on any atom is -0.365 e. The van der Waals surface area contributed by atoms with Crippen molar-refractivity contribution >= 4 is 27.4 Å². The minimum absolute atomic E-state index is 0.126. The van der Waals surface area contributed by atoms with E-state index in [0.29, 0.717) is 17.9 Å². The van der Waals surface area contributed by atoms with Crippen LogP contribution < -0.4 is 5.32 Å². The summed E-state index contributed by atoms with van der Waals surface area (Å²) in [6.07, 6.45) is 3.07. The molecular formula is C12H11BrN4O2. The minimum atomic E-state index is -0.376. The highest BCUT2D eigenvalue weighted by atomic mass is 79.9. The van der Waals surface area contributed by atoms with Gasteiger partial charge in [0.15, 0.2) is 0 Å². The summed E-state index contributed by atoms with van der Waals surface area (Å²) >= 11 is 3.33. The van der Waals surface area contributed by atoms with E-state index in [1.807, 2.05) is 6.07 Å². The molecule has 6 nitrogen and oxygen atoms in total. The van der Waals surface area contributed by atoms with Crippen molar-refractivity contribution in [1.29, 1.82) is 0 Å². The van der Waals surface area contributed by atoms with Gasteiger partial charge in [-0.3, -0.25) is 10.1 Å². The lowest BCUT2D eigenvalue weighted by molar-refractivity contribution is -0.385. The Morgan fingerprint density at radius 2 is 2.26 bits per heavy atom. The van der Waals surface area contributed by atoms with Gasteiger partial charge in [-0.05, 0) is 28.4 Å². The van der Waals surface area contributed by atoms with Gasteiger partial charge in [0.05, 0.1) is 9.40 Å². The number of nitro benzene ring substituents is 1. The molecule has 2 rings (SSSR count). The van der Waals surface area contributed by atoms with Crippen LogP contribution in [-0.2, 0) is 6.54 Å². The SMILES string of the molecule is Cc1c(CNc2ncncc2Br)cccc1[N+](=O)[O-]. The quantitative estimate of drug-likeness (QED) is 0.691. The van der Waals surface area contributed by atoms with E-state index in [-0.39, 0.29) is 10.6 Å². The predicted octanol–water partition coefficient (Wildman–Crippen LogP) is 3.07. The third-order valence-corrected chi connectivity index (χ3v) is 3.31. The van der Waals surface area contributed by atoms with Crippen molar-refractivity contribution in [1.82, 2.24) is 9.97 Å². The maximum Gasteiger partial charge on any atom is 0.272 e. The van der Waals surface area contributed by atoms with E-state index in [0.717, 1.165) is 10.0 Å². The highest BCUT2D eigenvalue weighted by molar-refractivity contribution is 9.10. The summed E-state index contributed by atoms with van der Waals surface area (Å²) in [5.74, 6) is 0.654. The van der Waals surface area contributed by atoms with Gasteiger partial charge in [0.25, 0.3) is 5.69 Å². The Bertz CT molecular complexity index is 618. The summed E-state index contributed by atoms with van der Waals surface area (Å²) in [7, 11) is 0. The molecule has 0 aliphatic heterocycles. The third-order valence-electron chi connectivity index (χ3n) is 2.73. The molecule has 0 spiro atoms. The number of nitrogens with zero attached hydrogens (tertiary/aromatic N) is 3. The van der Waals surface area contributed by atoms with E-state index in [1.54, 1.807) is 19.2 Å². The first-order valence-corrected chi connectivity index (χ1v) is 6.31. The van der Waals surface area contributed by atoms with E-state index in [4.69, 9.17) is 0 Å². The lowest BCUT2D eigenvalue weighted by Gasteiger charge is -2.09. The number of nitrogens with one attached hydrogen (secondary N) is 1. The molecule has 1 aromatic heterocycles. The third kappa shape index (κ3) is 3.05. The van der Waals surface area contributed by atoms with Crippen LogP contribution in [0, 0.1) is 17.0 Å². The molecule has 98 valence electrons. The normalized spacial score (nSPS) is 10.2. The fourth-order valence-corrected chi connectivity index (χ4v) is 2.04. The van der Waals surface area contributed by atoms with E-state index in [2.05, 4.69) is 31.2 Å². The van der Waals surface area contributed by atoms with Gasteiger partial charge in [0.1, 0.15) is 12.1 Å². The molecule has 0 aliphatic carbocycles. The second-order valence-corrected chi connectivity index (χ2v) is 4.75. The predicted molar refractivity (Wildman–Crippen MR) is 74.9 cm³/mol. The Kier molecular flexibility index (Phi) is 4.06. The largest absolute Gasteiger partial charge is 0.365 e. The molecule has 0 saturated heterocycles. The Morgan fingerprint density at radius 3 is 2.95 bits per heavy atom. The van der Waals surface area contributed by atoms with Crippen molar-refractivity contribution in [3.05, 3.63) is 56.4 Å². The van der Waals surface area contributed by atoms with Gasteiger partial charge in [-0.15, -0.1) is 0 Å². The monoisotopic (exact) mass is 322 g/mol. The first-order valence-electron chi connectivity index (χ1n) is 5.52. The smallest absolute Gasteiger partial charge is 0.272 e. The van der Waals surface area contributed by atoms with Crippen molar-refractivity contribution in [3.63, 3.8) is 0 Å². The highest BCUT2D eigenvalue weighted by Crippen LogP contribution is 2.23. The summed E-state index contributed by atoms with van der Waals surface area (Å²) in [6, 6.07) is 5.03. The molecular weight excluding hydrogens is 312 g/mol. The highest BCUT2D eigenvalue weighted by Gasteiger charge is 2.13. The van der Waals surface area contributed by atoms with Crippen LogP contribution in [0.3, 0.4) is 0 Å². The molecule has 7 heteroatoms. The van der Waals surface area contributed by atoms with E-state index in [1.165, 1.54) is 12.4 Å². The molecule has 0 atom stereocenters. The number of benzene rings is 1. The molecule has 1 heterocycles. The summed E-state index contributed by atoms with van der Waals surface area (Å²) in [5.41, 5.74) is 1.64. The number of anilines is 1. The standard InChI is InChI=1S/C12H11BrN4O2/c1-8-9(3-2-4-11(8)17(18)19)5-15-12-10(13)6-14-7-16-12/h2-4,6-7H,5H2,1H3,(H,14,15,16). The summed E-state index contributed by atoms with van der Waals surface area (Å²) in [5, 5.41) is 14.0. The van der Waals surface area contributed by atoms with Gasteiger partial charge < -0.3 is 5.32 Å². The lowest BCUT2D eigenvalue weighted by atomic mass is 10.1. The van der Waals surface area contributed by atoms with E-state index in [9.17, 15) is 10.1 Å². The van der Waals surface area contributed by atoms with Gasteiger partial charge in [0, 0.05) is 24.4 Å². The van der Waals surface area contributed by atoms with Crippen molar-refractivity contribution in [3.8, 4) is 0 Å². The van der Waals surface area contributed by atoms with Crippen LogP contribution in [0.25, 0.3) is 0 Å². The second-order valence-electron chi connectivity index (χ2n) is 3.89. The maximum atomic E-state index is 10.9. The summed E-state index contributed by atoms with van der Waals surface area (Å²) < 4.78 is 0.748. The molecule has 0 radical (unpaired) electrons. The molecule has 0 fully saturated rings. The van der Waals surface area contributed by atoms with E-state index < -0.39 is 0 Å². The number of rotatable bonds is 4. The lowest BCUT2D eigenvalue weighted by Crippen LogP contribution is -2.05. The fraction of sp³-hybridized carbons (Fsp3) is 0.167. The number of aromatic nitrogens is 2. The van der Waals surface area contributed by atoms with Gasteiger partial charge >= 0.3 is 0 Å². The molecule has 2 aromatic rings. The van der Waals surface area contributed by atoms with Crippen LogP contribution in [-0.4, -0.2) is 14.9 Å². The Hall–Kier alpha value is -2.02. The van der Waals surface area contributed by atoms with Gasteiger partial charge in [-0.1, -0.05) is 12.1 Å². The zero-order valence-electron chi connectivity index (χ0n) is 10.1. The van der Waals surface area contributed by atoms with Crippen molar-refractivity contribution < 1.29 is 4.92 Å². The summed E-state index contributed by atoms with van der Waals surface area (Å²) in [6.45, 7) is 2.20. The molecule has 19 heavy (non-hydrogen) atoms. The molecule has 0 saturated carbocycles. The molecule has 0 unspecified atom stereocenters. The van der Waals surface area contributed by atoms with Crippen molar-refractivity contribution in [2.75, 3.05) is 5.32 Å². The average molecular weight is 323 g/mol. The molecule has 0 amide bonds. The van der Waals surface area contributed by atoms with Crippen LogP contribution >= 0.6 is 15.9 Å². The Morgan fingerprint density at radius 1 is 1.47 bits per heavy atom. The van der Waals surface area contributed by atoms with Crippen LogP contribution in [0.1, 0.15) is 11.1 Å². The molecule has 0 bridgehead atoms. The maximum absolute atomic E-state index is 10.9. The zero-order valence-corrected chi connectivity index (χ0v) is 11.7. The number of nitro groups is 1. The van der Waals surface area contributed by atoms with Gasteiger partial charge in [0.2, 0.25) is 0 Å². The average Bonchev–Trinajstić information content (AvgIpc) is 2.39. The van der Waals surface area contributed by atoms with Crippen LogP contribution in [0.2, 0.25) is 0 Å². The zero-order chi connectivity index (χ0) is 13.8. The second kappa shape index (κ2) is 5.75. The van der Waals surface area contributed by atoms with Crippen molar-refractivity contribution in [2.45, 2.75) is 13.5 Å². The number of hydrogen-bond donors (Lipinski definition) is 1. The van der Waals surface area contributed by atoms with Gasteiger partial charge in [-0.25, -0.2) is 9.97 Å². The van der Waals surface area contributed by atoms with E-state index >= 15 is 0 Å². The van der Waals surface area contributed by atoms with Crippen molar-refractivity contribution in [2.24, 2.45) is 0 Å².